The fourth-order valence-corrected chi connectivity index (χ4v) is 4.48. The summed E-state index contributed by atoms with van der Waals surface area (Å²) in [6, 6.07) is 5.25. The van der Waals surface area contributed by atoms with Gasteiger partial charge in [-0.1, -0.05) is 11.3 Å². The van der Waals surface area contributed by atoms with E-state index in [1.165, 1.54) is 11.3 Å². The maximum absolute atomic E-state index is 11.9. The van der Waals surface area contributed by atoms with Gasteiger partial charge in [-0.15, -0.1) is 0 Å². The van der Waals surface area contributed by atoms with Crippen LogP contribution in [0.1, 0.15) is 5.69 Å². The summed E-state index contributed by atoms with van der Waals surface area (Å²) < 4.78 is 1.83. The van der Waals surface area contributed by atoms with Crippen molar-refractivity contribution >= 4 is 33.5 Å². The highest BCUT2D eigenvalue weighted by Gasteiger charge is 2.21. The molecule has 1 fully saturated rings. The van der Waals surface area contributed by atoms with Crippen LogP contribution in [0.25, 0.3) is 10.8 Å². The summed E-state index contributed by atoms with van der Waals surface area (Å²) in [4.78, 5) is 31.6. The van der Waals surface area contributed by atoms with Gasteiger partial charge in [-0.3, -0.25) is 24.8 Å². The average Bonchev–Trinajstić information content (AvgIpc) is 3.03. The lowest BCUT2D eigenvalue weighted by Crippen LogP contribution is -2.47. The summed E-state index contributed by atoms with van der Waals surface area (Å²) in [7, 11) is 0. The lowest BCUT2D eigenvalue weighted by Gasteiger charge is -2.36. The topological polar surface area (TPSA) is 84.5 Å². The number of aryl methyl sites for hydroxylation is 1. The number of hydrogen-bond acceptors (Lipinski definition) is 7. The van der Waals surface area contributed by atoms with Crippen molar-refractivity contribution in [3.63, 3.8) is 0 Å². The van der Waals surface area contributed by atoms with E-state index in [1.54, 1.807) is 18.5 Å². The minimum Gasteiger partial charge on any atom is -0.368 e. The molecule has 0 radical (unpaired) electrons. The van der Waals surface area contributed by atoms with Gasteiger partial charge in [-0.25, -0.2) is 0 Å². The molecular formula is C19H21N5O3S. The Labute approximate surface area is 165 Å². The zero-order valence-corrected chi connectivity index (χ0v) is 16.4. The number of thiazole rings is 1. The zero-order valence-electron chi connectivity index (χ0n) is 15.6. The Hall–Kier alpha value is -2.78. The number of aromatic nitrogens is 2. The number of anilines is 1. The molecule has 0 unspecified atom stereocenters. The van der Waals surface area contributed by atoms with E-state index < -0.39 is 0 Å². The molecule has 0 amide bonds. The normalized spacial score (nSPS) is 15.2. The molecule has 0 atom stereocenters. The Morgan fingerprint density at radius 1 is 1.14 bits per heavy atom. The summed E-state index contributed by atoms with van der Waals surface area (Å²) in [6.07, 6.45) is 3.24. The number of fused-ring (bicyclic) bond motifs is 1. The van der Waals surface area contributed by atoms with Gasteiger partial charge in [0.15, 0.2) is 0 Å². The van der Waals surface area contributed by atoms with Gasteiger partial charge >= 0.3 is 4.87 Å². The molecule has 1 aliphatic rings. The van der Waals surface area contributed by atoms with Gasteiger partial charge < -0.3 is 9.47 Å². The van der Waals surface area contributed by atoms with Crippen LogP contribution in [0, 0.1) is 17.0 Å². The van der Waals surface area contributed by atoms with Crippen molar-refractivity contribution in [3.05, 3.63) is 61.4 Å². The van der Waals surface area contributed by atoms with Crippen LogP contribution in [0.15, 0.2) is 40.8 Å². The van der Waals surface area contributed by atoms with E-state index in [9.17, 15) is 14.9 Å². The Morgan fingerprint density at radius 2 is 1.93 bits per heavy atom. The lowest BCUT2D eigenvalue weighted by molar-refractivity contribution is -0.383. The molecule has 1 aliphatic heterocycles. The Bertz CT molecular complexity index is 1070. The summed E-state index contributed by atoms with van der Waals surface area (Å²) in [6.45, 7) is 6.98. The van der Waals surface area contributed by atoms with Crippen molar-refractivity contribution in [2.45, 2.75) is 13.5 Å². The predicted molar refractivity (Wildman–Crippen MR) is 110 cm³/mol. The third-order valence-corrected chi connectivity index (χ3v) is 6.18. The van der Waals surface area contributed by atoms with Crippen LogP contribution in [0.5, 0.6) is 0 Å². The fraction of sp³-hybridized carbons (Fsp3) is 0.368. The van der Waals surface area contributed by atoms with Crippen molar-refractivity contribution in [3.8, 4) is 0 Å². The van der Waals surface area contributed by atoms with Crippen molar-refractivity contribution in [2.24, 2.45) is 0 Å². The van der Waals surface area contributed by atoms with E-state index in [0.29, 0.717) is 11.9 Å². The second kappa shape index (κ2) is 7.69. The molecule has 0 aliphatic carbocycles. The molecule has 0 spiro atoms. The predicted octanol–water partition coefficient (Wildman–Crippen LogP) is 2.50. The molecule has 1 saturated heterocycles. The molecule has 3 heterocycles. The maximum Gasteiger partial charge on any atom is 0.307 e. The molecule has 0 N–H and O–H groups in total. The van der Waals surface area contributed by atoms with E-state index in [4.69, 9.17) is 0 Å². The molecule has 28 heavy (non-hydrogen) atoms. The first-order chi connectivity index (χ1) is 13.5. The Balaban J connectivity index is 1.46. The summed E-state index contributed by atoms with van der Waals surface area (Å²) in [5.41, 5.74) is 2.11. The first-order valence-electron chi connectivity index (χ1n) is 9.18. The molecule has 9 heteroatoms. The number of nitrogens with zero attached hydrogens (tertiary/aromatic N) is 5. The van der Waals surface area contributed by atoms with Gasteiger partial charge in [0.1, 0.15) is 0 Å². The van der Waals surface area contributed by atoms with E-state index in [-0.39, 0.29) is 15.5 Å². The van der Waals surface area contributed by atoms with Crippen LogP contribution in [0.2, 0.25) is 0 Å². The summed E-state index contributed by atoms with van der Waals surface area (Å²) >= 11 is 1.25. The van der Waals surface area contributed by atoms with Gasteiger partial charge in [-0.05, 0) is 19.1 Å². The molecule has 8 nitrogen and oxygen atoms in total. The molecule has 0 saturated carbocycles. The quantitative estimate of drug-likeness (QED) is 0.484. The number of benzene rings is 1. The van der Waals surface area contributed by atoms with E-state index >= 15 is 0 Å². The van der Waals surface area contributed by atoms with Crippen molar-refractivity contribution in [1.82, 2.24) is 14.5 Å². The Morgan fingerprint density at radius 3 is 2.61 bits per heavy atom. The maximum atomic E-state index is 11.9. The van der Waals surface area contributed by atoms with Gasteiger partial charge in [-0.2, -0.15) is 0 Å². The van der Waals surface area contributed by atoms with Crippen LogP contribution < -0.4 is 9.77 Å². The number of piperazine rings is 1. The van der Waals surface area contributed by atoms with Crippen LogP contribution in [-0.4, -0.2) is 52.1 Å². The largest absolute Gasteiger partial charge is 0.368 e. The van der Waals surface area contributed by atoms with Gasteiger partial charge in [0.2, 0.25) is 0 Å². The first kappa shape index (κ1) is 18.6. The average molecular weight is 399 g/mol. The van der Waals surface area contributed by atoms with E-state index in [0.717, 1.165) is 49.5 Å². The zero-order chi connectivity index (χ0) is 19.7. The second-order valence-electron chi connectivity index (χ2n) is 6.91. The highest BCUT2D eigenvalue weighted by Crippen LogP contribution is 2.33. The van der Waals surface area contributed by atoms with Crippen molar-refractivity contribution < 1.29 is 4.92 Å². The number of hydrogen-bond donors (Lipinski definition) is 0. The fourth-order valence-electron chi connectivity index (χ4n) is 3.72. The standard InChI is InChI=1S/C19H21N5O3S/c1-14-13-28-19(25)23(14)11-8-21-6-9-22(10-7-21)17-2-3-18(24(26)27)16-12-20-5-4-15(16)17/h2-5,12-13H,6-11H2,1H3. The highest BCUT2D eigenvalue weighted by atomic mass is 32.1. The SMILES string of the molecule is Cc1csc(=O)n1CCN1CCN(c2ccc([N+](=O)[O-])c3cnccc23)CC1. The first-order valence-corrected chi connectivity index (χ1v) is 10.1. The van der Waals surface area contributed by atoms with Crippen molar-refractivity contribution in [2.75, 3.05) is 37.6 Å². The minimum atomic E-state index is -0.361. The van der Waals surface area contributed by atoms with Crippen LogP contribution in [0.4, 0.5) is 11.4 Å². The third-order valence-electron chi connectivity index (χ3n) is 5.30. The second-order valence-corrected chi connectivity index (χ2v) is 7.73. The van der Waals surface area contributed by atoms with Crippen LogP contribution >= 0.6 is 11.3 Å². The van der Waals surface area contributed by atoms with Crippen molar-refractivity contribution in [1.29, 1.82) is 0 Å². The molecule has 4 rings (SSSR count). The van der Waals surface area contributed by atoms with Gasteiger partial charge in [0, 0.05) is 79.9 Å². The smallest absolute Gasteiger partial charge is 0.307 e. The van der Waals surface area contributed by atoms with Gasteiger partial charge in [0.05, 0.1) is 10.3 Å². The molecule has 2 aromatic heterocycles. The monoisotopic (exact) mass is 399 g/mol. The summed E-state index contributed by atoms with van der Waals surface area (Å²) in [5, 5.41) is 14.6. The van der Waals surface area contributed by atoms with E-state index in [2.05, 4.69) is 14.8 Å². The van der Waals surface area contributed by atoms with E-state index in [1.807, 2.05) is 29.0 Å². The molecular weight excluding hydrogens is 378 g/mol. The number of nitro groups is 1. The number of rotatable bonds is 5. The highest BCUT2D eigenvalue weighted by molar-refractivity contribution is 7.07. The lowest BCUT2D eigenvalue weighted by atomic mass is 10.1. The third kappa shape index (κ3) is 3.50. The number of nitro benzene ring substituents is 1. The van der Waals surface area contributed by atoms with Gasteiger partial charge in [0.25, 0.3) is 5.69 Å². The van der Waals surface area contributed by atoms with Crippen LogP contribution in [0.3, 0.4) is 0 Å². The minimum absolute atomic E-state index is 0.0852. The molecule has 1 aromatic carbocycles. The Kier molecular flexibility index (Phi) is 5.10. The number of non-ortho nitro benzene ring substituents is 1. The molecule has 0 bridgehead atoms. The number of pyridine rings is 1. The van der Waals surface area contributed by atoms with Crippen LogP contribution in [-0.2, 0) is 6.54 Å². The summed E-state index contributed by atoms with van der Waals surface area (Å²) in [5.74, 6) is 0. The molecule has 3 aromatic rings. The molecule has 146 valence electrons.